The summed E-state index contributed by atoms with van der Waals surface area (Å²) < 4.78 is 73.5. The zero-order valence-electron chi connectivity index (χ0n) is 23.4. The number of carboxylic acid groups (broad SMARTS) is 1. The zero-order valence-corrected chi connectivity index (χ0v) is 24.2. The lowest BCUT2D eigenvalue weighted by Crippen LogP contribution is -2.48. The van der Waals surface area contributed by atoms with Gasteiger partial charge in [-0.15, -0.1) is 0 Å². The third-order valence-electron chi connectivity index (χ3n) is 7.70. The first-order valence-corrected chi connectivity index (χ1v) is 14.8. The van der Waals surface area contributed by atoms with E-state index in [1.807, 2.05) is 12.1 Å². The molecule has 4 rings (SSSR count). The fourth-order valence-corrected chi connectivity index (χ4v) is 6.62. The van der Waals surface area contributed by atoms with E-state index in [1.165, 1.54) is 8.61 Å². The molecule has 2 heterocycles. The minimum absolute atomic E-state index is 0.249. The van der Waals surface area contributed by atoms with Gasteiger partial charge in [0.2, 0.25) is 5.91 Å². The van der Waals surface area contributed by atoms with Crippen molar-refractivity contribution in [2.75, 3.05) is 27.2 Å². The van der Waals surface area contributed by atoms with Gasteiger partial charge in [-0.1, -0.05) is 36.4 Å². The van der Waals surface area contributed by atoms with Gasteiger partial charge in [0.1, 0.15) is 6.67 Å². The number of nitrogens with two attached hydrogens (primary N) is 1. The molecule has 2 aromatic rings. The molecule has 232 valence electrons. The van der Waals surface area contributed by atoms with Gasteiger partial charge in [-0.25, -0.2) is 9.18 Å². The van der Waals surface area contributed by atoms with Crippen molar-refractivity contribution < 1.29 is 40.7 Å². The number of carbonyl (C=O) groups is 2. The number of nitrogens with zero attached hydrogens (tertiary/aromatic N) is 3. The quantitative estimate of drug-likeness (QED) is 0.390. The topological polar surface area (TPSA) is 124 Å². The molecule has 1 unspecified atom stereocenters. The summed E-state index contributed by atoms with van der Waals surface area (Å²) in [4.78, 5) is 23.0. The molecule has 3 N–H and O–H groups in total. The Balaban J connectivity index is 0.000000616. The molecule has 0 aliphatic carbocycles. The molecule has 2 saturated heterocycles. The third-order valence-corrected chi connectivity index (χ3v) is 9.59. The fraction of sp³-hybridized carbons (Fsp3) is 0.500. The minimum Gasteiger partial charge on any atom is -0.475 e. The van der Waals surface area contributed by atoms with Gasteiger partial charge in [0.15, 0.2) is 0 Å². The Morgan fingerprint density at radius 1 is 1.02 bits per heavy atom. The summed E-state index contributed by atoms with van der Waals surface area (Å²) in [6.07, 6.45) is -0.905. The van der Waals surface area contributed by atoms with E-state index in [2.05, 4.69) is 11.0 Å². The lowest BCUT2D eigenvalue weighted by atomic mass is 9.84. The van der Waals surface area contributed by atoms with Gasteiger partial charge in [0, 0.05) is 51.4 Å². The molecule has 0 saturated carbocycles. The molecule has 0 spiro atoms. The Morgan fingerprint density at radius 2 is 1.57 bits per heavy atom. The van der Waals surface area contributed by atoms with Crippen molar-refractivity contribution in [1.29, 1.82) is 0 Å². The molecular weight excluding hydrogens is 580 g/mol. The molecule has 1 amide bonds. The molecule has 2 aliphatic heterocycles. The van der Waals surface area contributed by atoms with E-state index in [9.17, 15) is 30.8 Å². The number of piperidine rings is 1. The first-order valence-electron chi connectivity index (χ1n) is 13.4. The first-order chi connectivity index (χ1) is 19.6. The summed E-state index contributed by atoms with van der Waals surface area (Å²) in [7, 11) is -0.522. The highest BCUT2D eigenvalue weighted by Crippen LogP contribution is 2.43. The molecule has 9 nitrogen and oxygen atoms in total. The lowest BCUT2D eigenvalue weighted by molar-refractivity contribution is -0.192. The van der Waals surface area contributed by atoms with Crippen molar-refractivity contribution in [1.82, 2.24) is 13.5 Å². The van der Waals surface area contributed by atoms with Crippen molar-refractivity contribution in [2.45, 2.75) is 63.1 Å². The summed E-state index contributed by atoms with van der Waals surface area (Å²) >= 11 is 0. The number of carboxylic acids is 1. The highest BCUT2D eigenvalue weighted by Gasteiger charge is 2.41. The number of fused-ring (bicyclic) bond motifs is 2. The number of carbonyl (C=O) groups excluding carboxylic acids is 1. The molecule has 2 bridgehead atoms. The molecule has 0 aromatic heterocycles. The summed E-state index contributed by atoms with van der Waals surface area (Å²) in [5, 5.41) is 7.12. The van der Waals surface area contributed by atoms with Crippen LogP contribution in [-0.4, -0.2) is 84.4 Å². The molecule has 0 radical (unpaired) electrons. The van der Waals surface area contributed by atoms with Crippen LogP contribution in [-0.2, 0) is 28.2 Å². The van der Waals surface area contributed by atoms with E-state index in [0.717, 1.165) is 36.8 Å². The predicted octanol–water partition coefficient (Wildman–Crippen LogP) is 3.91. The van der Waals surface area contributed by atoms with Gasteiger partial charge < -0.3 is 10.8 Å². The molecule has 14 heteroatoms. The monoisotopic (exact) mass is 616 g/mol. The van der Waals surface area contributed by atoms with Gasteiger partial charge in [0.25, 0.3) is 10.2 Å². The maximum absolute atomic E-state index is 13.1. The second-order valence-electron chi connectivity index (χ2n) is 10.7. The maximum Gasteiger partial charge on any atom is 0.490 e. The molecular formula is C28H36F4N4O5S. The van der Waals surface area contributed by atoms with Crippen LogP contribution in [0.4, 0.5) is 17.6 Å². The smallest absolute Gasteiger partial charge is 0.475 e. The second kappa shape index (κ2) is 13.9. The van der Waals surface area contributed by atoms with Crippen LogP contribution in [0.25, 0.3) is 0 Å². The Labute approximate surface area is 243 Å². The lowest BCUT2D eigenvalue weighted by Gasteiger charge is -2.40. The van der Waals surface area contributed by atoms with Gasteiger partial charge in [-0.2, -0.15) is 30.2 Å². The van der Waals surface area contributed by atoms with Crippen LogP contribution in [0.15, 0.2) is 48.5 Å². The van der Waals surface area contributed by atoms with Crippen molar-refractivity contribution in [3.05, 3.63) is 70.8 Å². The van der Waals surface area contributed by atoms with E-state index in [1.54, 1.807) is 44.4 Å². The number of hydrogen-bond acceptors (Lipinski definition) is 5. The highest BCUT2D eigenvalue weighted by molar-refractivity contribution is 7.86. The number of amides is 1. The van der Waals surface area contributed by atoms with Crippen LogP contribution in [0.2, 0.25) is 0 Å². The van der Waals surface area contributed by atoms with Crippen molar-refractivity contribution in [2.24, 2.45) is 5.73 Å². The second-order valence-corrected chi connectivity index (χ2v) is 12.8. The summed E-state index contributed by atoms with van der Waals surface area (Å²) in [6.45, 7) is 0.767. The summed E-state index contributed by atoms with van der Waals surface area (Å²) in [5.74, 6) is -2.79. The average Bonchev–Trinajstić information content (AvgIpc) is 3.16. The van der Waals surface area contributed by atoms with Gasteiger partial charge >= 0.3 is 12.1 Å². The third kappa shape index (κ3) is 8.49. The number of halogens is 4. The Kier molecular flexibility index (Phi) is 11.1. The van der Waals surface area contributed by atoms with E-state index in [0.29, 0.717) is 42.2 Å². The average molecular weight is 617 g/mol. The van der Waals surface area contributed by atoms with Gasteiger partial charge in [-0.05, 0) is 60.4 Å². The van der Waals surface area contributed by atoms with Crippen molar-refractivity contribution in [3.63, 3.8) is 0 Å². The van der Waals surface area contributed by atoms with Crippen LogP contribution < -0.4 is 5.73 Å². The largest absolute Gasteiger partial charge is 0.490 e. The number of hydrogen-bond donors (Lipinski definition) is 2. The Hall–Kier alpha value is -3.07. The standard InChI is InChI=1S/C26H35FN4O3S.C2HF3O2/c1-29(2)35(33,34)30(18-20-8-6-19(17-27)7-9-20)12-13-31-24-10-11-25(31)16-23(15-24)21-4-3-5-22(14-21)26(28)32;3-2(4,5)1(6)7/h3-9,14,23-25H,10-13,15-18H2,1-2H3,(H2,28,32);(H,6,7)/t23?,24-,25+;. The molecule has 2 aromatic carbocycles. The highest BCUT2D eigenvalue weighted by atomic mass is 32.2. The Morgan fingerprint density at radius 3 is 2.05 bits per heavy atom. The fourth-order valence-electron chi connectivity index (χ4n) is 5.53. The van der Waals surface area contributed by atoms with Crippen molar-refractivity contribution >= 4 is 22.1 Å². The van der Waals surface area contributed by atoms with E-state index in [-0.39, 0.29) is 6.54 Å². The number of primary amides is 1. The van der Waals surface area contributed by atoms with Gasteiger partial charge in [0.05, 0.1) is 0 Å². The number of rotatable bonds is 10. The van der Waals surface area contributed by atoms with Crippen LogP contribution in [0.1, 0.15) is 58.6 Å². The first kappa shape index (κ1) is 33.4. The minimum atomic E-state index is -5.08. The van der Waals surface area contributed by atoms with Crippen LogP contribution in [0.5, 0.6) is 0 Å². The molecule has 3 atom stereocenters. The molecule has 2 fully saturated rings. The molecule has 2 aliphatic rings. The van der Waals surface area contributed by atoms with Crippen LogP contribution in [0, 0.1) is 0 Å². The van der Waals surface area contributed by atoms with E-state index < -0.39 is 34.9 Å². The predicted molar refractivity (Wildman–Crippen MR) is 148 cm³/mol. The Bertz CT molecular complexity index is 1320. The van der Waals surface area contributed by atoms with Gasteiger partial charge in [-0.3, -0.25) is 9.69 Å². The number of aliphatic carboxylic acids is 1. The normalized spacial score (nSPS) is 20.8. The zero-order chi connectivity index (χ0) is 31.2. The number of benzene rings is 2. The molecule has 42 heavy (non-hydrogen) atoms. The van der Waals surface area contributed by atoms with Crippen LogP contribution in [0.3, 0.4) is 0 Å². The number of alkyl halides is 4. The van der Waals surface area contributed by atoms with E-state index in [4.69, 9.17) is 15.6 Å². The van der Waals surface area contributed by atoms with Crippen LogP contribution >= 0.6 is 0 Å². The van der Waals surface area contributed by atoms with E-state index >= 15 is 0 Å². The summed E-state index contributed by atoms with van der Waals surface area (Å²) in [6, 6.07) is 15.4. The maximum atomic E-state index is 13.1. The SMILES string of the molecule is CN(C)S(=O)(=O)N(CCN1[C@@H]2CC[C@H]1CC(c1cccc(C(N)=O)c1)C2)Cc1ccc(CF)cc1.O=C(O)C(F)(F)F. The summed E-state index contributed by atoms with van der Waals surface area (Å²) in [5.41, 5.74) is 8.59. The van der Waals surface area contributed by atoms with Crippen molar-refractivity contribution in [3.8, 4) is 0 Å².